The van der Waals surface area contributed by atoms with Crippen molar-refractivity contribution in [3.05, 3.63) is 65.7 Å². The lowest BCUT2D eigenvalue weighted by Gasteiger charge is -2.17. The van der Waals surface area contributed by atoms with Crippen LogP contribution in [0, 0.1) is 0 Å². The van der Waals surface area contributed by atoms with Crippen LogP contribution in [0.25, 0.3) is 0 Å². The molecule has 0 atom stereocenters. The number of amides is 1. The minimum absolute atomic E-state index is 0.0110. The number of hydrogen-bond donors (Lipinski definition) is 0. The SMILES string of the molecule is CCOc1ccc(C(=O)N(C)Cc2ccccc2)cc1. The van der Waals surface area contributed by atoms with Gasteiger partial charge < -0.3 is 9.64 Å². The van der Waals surface area contributed by atoms with Gasteiger partial charge in [0.1, 0.15) is 5.75 Å². The maximum absolute atomic E-state index is 12.3. The Morgan fingerprint density at radius 3 is 2.30 bits per heavy atom. The van der Waals surface area contributed by atoms with Crippen LogP contribution in [-0.4, -0.2) is 24.5 Å². The van der Waals surface area contributed by atoms with Crippen LogP contribution in [0.1, 0.15) is 22.8 Å². The first-order valence-corrected chi connectivity index (χ1v) is 6.73. The molecule has 3 heteroatoms. The third-order valence-corrected chi connectivity index (χ3v) is 3.02. The van der Waals surface area contributed by atoms with Gasteiger partial charge in [-0.25, -0.2) is 0 Å². The molecule has 0 radical (unpaired) electrons. The van der Waals surface area contributed by atoms with Crippen molar-refractivity contribution in [1.29, 1.82) is 0 Å². The van der Waals surface area contributed by atoms with Crippen molar-refractivity contribution in [2.45, 2.75) is 13.5 Å². The molecular formula is C17H19NO2. The summed E-state index contributed by atoms with van der Waals surface area (Å²) in [7, 11) is 1.81. The van der Waals surface area contributed by atoms with E-state index in [1.54, 1.807) is 17.0 Å². The van der Waals surface area contributed by atoms with E-state index in [4.69, 9.17) is 4.74 Å². The topological polar surface area (TPSA) is 29.5 Å². The molecule has 0 heterocycles. The van der Waals surface area contributed by atoms with Gasteiger partial charge >= 0.3 is 0 Å². The first-order chi connectivity index (χ1) is 9.70. The molecule has 20 heavy (non-hydrogen) atoms. The summed E-state index contributed by atoms with van der Waals surface area (Å²) in [6.45, 7) is 3.17. The average Bonchev–Trinajstić information content (AvgIpc) is 2.48. The summed E-state index contributed by atoms with van der Waals surface area (Å²) in [6, 6.07) is 17.2. The Labute approximate surface area is 119 Å². The van der Waals surface area contributed by atoms with Crippen molar-refractivity contribution in [2.24, 2.45) is 0 Å². The smallest absolute Gasteiger partial charge is 0.253 e. The van der Waals surface area contributed by atoms with E-state index in [1.807, 2.05) is 56.4 Å². The molecule has 0 aromatic heterocycles. The standard InChI is InChI=1S/C17H19NO2/c1-3-20-16-11-9-15(10-12-16)17(19)18(2)13-14-7-5-4-6-8-14/h4-12H,3,13H2,1-2H3. The highest BCUT2D eigenvalue weighted by Gasteiger charge is 2.11. The van der Waals surface area contributed by atoms with Gasteiger partial charge in [0.15, 0.2) is 0 Å². The summed E-state index contributed by atoms with van der Waals surface area (Å²) >= 11 is 0. The maximum Gasteiger partial charge on any atom is 0.253 e. The van der Waals surface area contributed by atoms with Crippen molar-refractivity contribution >= 4 is 5.91 Å². The van der Waals surface area contributed by atoms with Gasteiger partial charge in [-0.05, 0) is 36.8 Å². The van der Waals surface area contributed by atoms with E-state index in [-0.39, 0.29) is 5.91 Å². The van der Waals surface area contributed by atoms with E-state index in [0.717, 1.165) is 11.3 Å². The molecule has 0 unspecified atom stereocenters. The van der Waals surface area contributed by atoms with Crippen LogP contribution in [0.3, 0.4) is 0 Å². The molecule has 2 aromatic carbocycles. The van der Waals surface area contributed by atoms with Crippen LogP contribution in [0.4, 0.5) is 0 Å². The normalized spacial score (nSPS) is 10.1. The van der Waals surface area contributed by atoms with Crippen LogP contribution in [0.15, 0.2) is 54.6 Å². The van der Waals surface area contributed by atoms with Gasteiger partial charge in [0.05, 0.1) is 6.61 Å². The second-order valence-electron chi connectivity index (χ2n) is 4.60. The van der Waals surface area contributed by atoms with Gasteiger partial charge in [-0.1, -0.05) is 30.3 Å². The van der Waals surface area contributed by atoms with Crippen LogP contribution in [-0.2, 0) is 6.54 Å². The molecule has 0 aliphatic rings. The fourth-order valence-electron chi connectivity index (χ4n) is 2.01. The predicted molar refractivity (Wildman–Crippen MR) is 79.9 cm³/mol. The Balaban J connectivity index is 2.03. The molecule has 0 aliphatic heterocycles. The third-order valence-electron chi connectivity index (χ3n) is 3.02. The molecule has 0 bridgehead atoms. The molecule has 2 aromatic rings. The maximum atomic E-state index is 12.3. The van der Waals surface area contributed by atoms with E-state index in [0.29, 0.717) is 18.7 Å². The summed E-state index contributed by atoms with van der Waals surface area (Å²) < 4.78 is 5.37. The number of hydrogen-bond acceptors (Lipinski definition) is 2. The zero-order valence-electron chi connectivity index (χ0n) is 11.9. The van der Waals surface area contributed by atoms with E-state index in [9.17, 15) is 4.79 Å². The highest BCUT2D eigenvalue weighted by atomic mass is 16.5. The highest BCUT2D eigenvalue weighted by Crippen LogP contribution is 2.14. The second-order valence-corrected chi connectivity index (χ2v) is 4.60. The van der Waals surface area contributed by atoms with Crippen LogP contribution in [0.5, 0.6) is 5.75 Å². The van der Waals surface area contributed by atoms with Crippen molar-refractivity contribution in [1.82, 2.24) is 4.90 Å². The molecule has 2 rings (SSSR count). The van der Waals surface area contributed by atoms with Gasteiger partial charge in [-0.3, -0.25) is 4.79 Å². The fraction of sp³-hybridized carbons (Fsp3) is 0.235. The number of carbonyl (C=O) groups is 1. The minimum atomic E-state index is 0.0110. The number of benzene rings is 2. The van der Waals surface area contributed by atoms with Crippen LogP contribution in [0.2, 0.25) is 0 Å². The Morgan fingerprint density at radius 2 is 1.70 bits per heavy atom. The number of rotatable bonds is 5. The minimum Gasteiger partial charge on any atom is -0.494 e. The Hall–Kier alpha value is -2.29. The summed E-state index contributed by atoms with van der Waals surface area (Å²) in [5, 5.41) is 0. The number of ether oxygens (including phenoxy) is 1. The summed E-state index contributed by atoms with van der Waals surface area (Å²) in [5.74, 6) is 0.798. The first kappa shape index (κ1) is 14.1. The van der Waals surface area contributed by atoms with Gasteiger partial charge in [-0.2, -0.15) is 0 Å². The van der Waals surface area contributed by atoms with Gasteiger partial charge in [0, 0.05) is 19.2 Å². The predicted octanol–water partition coefficient (Wildman–Crippen LogP) is 3.36. The summed E-state index contributed by atoms with van der Waals surface area (Å²) in [4.78, 5) is 14.0. The molecule has 0 spiro atoms. The molecule has 0 saturated heterocycles. The molecule has 0 N–H and O–H groups in total. The molecule has 0 aliphatic carbocycles. The molecule has 0 fully saturated rings. The number of nitrogens with zero attached hydrogens (tertiary/aromatic N) is 1. The van der Waals surface area contributed by atoms with Crippen molar-refractivity contribution in [3.8, 4) is 5.75 Å². The van der Waals surface area contributed by atoms with E-state index in [2.05, 4.69) is 0 Å². The van der Waals surface area contributed by atoms with Gasteiger partial charge in [0.2, 0.25) is 0 Å². The lowest BCUT2D eigenvalue weighted by atomic mass is 10.1. The van der Waals surface area contributed by atoms with Crippen molar-refractivity contribution in [2.75, 3.05) is 13.7 Å². The molecular weight excluding hydrogens is 250 g/mol. The van der Waals surface area contributed by atoms with Crippen LogP contribution >= 0.6 is 0 Å². The molecule has 104 valence electrons. The Kier molecular flexibility index (Phi) is 4.77. The fourth-order valence-corrected chi connectivity index (χ4v) is 2.01. The van der Waals surface area contributed by atoms with E-state index >= 15 is 0 Å². The molecule has 0 saturated carbocycles. The first-order valence-electron chi connectivity index (χ1n) is 6.73. The quantitative estimate of drug-likeness (QED) is 0.833. The Bertz CT molecular complexity index is 549. The van der Waals surface area contributed by atoms with Gasteiger partial charge in [0.25, 0.3) is 5.91 Å². The zero-order valence-corrected chi connectivity index (χ0v) is 11.9. The van der Waals surface area contributed by atoms with E-state index in [1.165, 1.54) is 0 Å². The molecule has 1 amide bonds. The zero-order chi connectivity index (χ0) is 14.4. The number of carbonyl (C=O) groups excluding carboxylic acids is 1. The van der Waals surface area contributed by atoms with Crippen LogP contribution < -0.4 is 4.74 Å². The van der Waals surface area contributed by atoms with Crippen molar-refractivity contribution in [3.63, 3.8) is 0 Å². The monoisotopic (exact) mass is 269 g/mol. The lowest BCUT2D eigenvalue weighted by Crippen LogP contribution is -2.26. The lowest BCUT2D eigenvalue weighted by molar-refractivity contribution is 0.0785. The van der Waals surface area contributed by atoms with E-state index < -0.39 is 0 Å². The third kappa shape index (κ3) is 3.60. The summed E-state index contributed by atoms with van der Waals surface area (Å²) in [6.07, 6.45) is 0. The largest absolute Gasteiger partial charge is 0.494 e. The highest BCUT2D eigenvalue weighted by molar-refractivity contribution is 5.94. The Morgan fingerprint density at radius 1 is 1.05 bits per heavy atom. The second kappa shape index (κ2) is 6.75. The van der Waals surface area contributed by atoms with Crippen molar-refractivity contribution < 1.29 is 9.53 Å². The van der Waals surface area contributed by atoms with Gasteiger partial charge in [-0.15, -0.1) is 0 Å². The molecule has 3 nitrogen and oxygen atoms in total. The summed E-state index contributed by atoms with van der Waals surface area (Å²) in [5.41, 5.74) is 1.79. The average molecular weight is 269 g/mol.